The van der Waals surface area contributed by atoms with Gasteiger partial charge in [0.1, 0.15) is 41.3 Å². The Balaban J connectivity index is 1.35. The second-order valence-corrected chi connectivity index (χ2v) is 15.1. The molecule has 1 unspecified atom stereocenters. The number of para-hydroxylation sites is 1. The Morgan fingerprint density at radius 3 is 2.61 bits per heavy atom. The molecule has 4 heterocycles. The molecule has 1 aliphatic carbocycles. The van der Waals surface area contributed by atoms with Crippen molar-refractivity contribution in [2.75, 3.05) is 39.9 Å². The normalized spacial score (nSPS) is 26.9. The monoisotopic (exact) mass is 680 g/mol. The SMILES string of the molecule is COc1cccc2c(OCCCN3CCCC3)c3c(nc12)O[C@@H]1C[C@@H](C(=O)O)N(C1)C(=O)[C@H](C(C)(C)C)NC(=O)O[C@@H]1CC1CCCCC3. The van der Waals surface area contributed by atoms with Crippen molar-refractivity contribution >= 4 is 28.9 Å². The first kappa shape index (κ1) is 35.0. The van der Waals surface area contributed by atoms with Crippen molar-refractivity contribution < 1.29 is 38.4 Å². The molecule has 0 spiro atoms. The predicted octanol–water partition coefficient (Wildman–Crippen LogP) is 5.19. The molecule has 1 aromatic heterocycles. The third-order valence-electron chi connectivity index (χ3n) is 10.4. The lowest BCUT2D eigenvalue weighted by atomic mass is 9.85. The molecule has 6 rings (SSSR count). The van der Waals surface area contributed by atoms with Gasteiger partial charge in [0.2, 0.25) is 11.8 Å². The number of ether oxygens (including phenoxy) is 4. The van der Waals surface area contributed by atoms with Crippen molar-refractivity contribution in [3.05, 3.63) is 23.8 Å². The summed E-state index contributed by atoms with van der Waals surface area (Å²) in [6.07, 6.45) is 7.23. The molecule has 12 nitrogen and oxygen atoms in total. The third kappa shape index (κ3) is 8.16. The molecule has 2 amide bonds. The van der Waals surface area contributed by atoms with Gasteiger partial charge in [-0.05, 0) is 81.5 Å². The average Bonchev–Trinajstić information content (AvgIpc) is 3.39. The third-order valence-corrected chi connectivity index (χ3v) is 10.4. The van der Waals surface area contributed by atoms with E-state index in [9.17, 15) is 19.5 Å². The van der Waals surface area contributed by atoms with Crippen LogP contribution < -0.4 is 19.5 Å². The van der Waals surface area contributed by atoms with Crippen LogP contribution in [0.2, 0.25) is 0 Å². The predicted molar refractivity (Wildman–Crippen MR) is 183 cm³/mol. The van der Waals surface area contributed by atoms with Crippen LogP contribution in [0.25, 0.3) is 10.9 Å². The molecule has 5 atom stereocenters. The zero-order chi connectivity index (χ0) is 34.7. The van der Waals surface area contributed by atoms with E-state index in [1.165, 1.54) is 17.7 Å². The van der Waals surface area contributed by atoms with Crippen molar-refractivity contribution in [3.8, 4) is 17.4 Å². The van der Waals surface area contributed by atoms with Crippen LogP contribution in [0.15, 0.2) is 18.2 Å². The Morgan fingerprint density at radius 1 is 1.08 bits per heavy atom. The van der Waals surface area contributed by atoms with Crippen molar-refractivity contribution in [3.63, 3.8) is 0 Å². The number of carboxylic acid groups (broad SMARTS) is 1. The minimum absolute atomic E-state index is 0.0287. The highest BCUT2D eigenvalue weighted by Gasteiger charge is 2.47. The maximum absolute atomic E-state index is 14.1. The topological polar surface area (TPSA) is 140 Å². The van der Waals surface area contributed by atoms with Crippen LogP contribution in [-0.4, -0.2) is 102 Å². The van der Waals surface area contributed by atoms with Gasteiger partial charge in [0.05, 0.1) is 25.8 Å². The lowest BCUT2D eigenvalue weighted by molar-refractivity contribution is -0.150. The number of hydrogen-bond acceptors (Lipinski definition) is 9. The number of nitrogens with zero attached hydrogens (tertiary/aromatic N) is 3. The number of nitrogens with one attached hydrogen (secondary N) is 1. The summed E-state index contributed by atoms with van der Waals surface area (Å²) in [5.41, 5.74) is 0.760. The van der Waals surface area contributed by atoms with Crippen LogP contribution >= 0.6 is 0 Å². The van der Waals surface area contributed by atoms with Gasteiger partial charge in [0.15, 0.2) is 0 Å². The van der Waals surface area contributed by atoms with Gasteiger partial charge >= 0.3 is 12.1 Å². The number of amides is 2. The zero-order valence-corrected chi connectivity index (χ0v) is 29.4. The van der Waals surface area contributed by atoms with E-state index in [-0.39, 0.29) is 19.1 Å². The number of hydrogen-bond donors (Lipinski definition) is 2. The van der Waals surface area contributed by atoms with E-state index in [0.717, 1.165) is 74.9 Å². The van der Waals surface area contributed by atoms with Gasteiger partial charge in [0.25, 0.3) is 0 Å². The molecule has 3 aliphatic heterocycles. The summed E-state index contributed by atoms with van der Waals surface area (Å²) >= 11 is 0. The lowest BCUT2D eigenvalue weighted by Crippen LogP contribution is -2.57. The van der Waals surface area contributed by atoms with E-state index in [4.69, 9.17) is 23.9 Å². The van der Waals surface area contributed by atoms with Crippen molar-refractivity contribution in [1.29, 1.82) is 0 Å². The molecule has 49 heavy (non-hydrogen) atoms. The first-order valence-corrected chi connectivity index (χ1v) is 18.0. The maximum atomic E-state index is 14.1. The summed E-state index contributed by atoms with van der Waals surface area (Å²) in [5.74, 6) is 0.381. The van der Waals surface area contributed by atoms with Crippen molar-refractivity contribution in [1.82, 2.24) is 20.1 Å². The fraction of sp³-hybridized carbons (Fsp3) is 0.676. The van der Waals surface area contributed by atoms with E-state index in [1.807, 2.05) is 39.0 Å². The van der Waals surface area contributed by atoms with Crippen LogP contribution in [0.4, 0.5) is 4.79 Å². The first-order valence-electron chi connectivity index (χ1n) is 18.0. The summed E-state index contributed by atoms with van der Waals surface area (Å²) in [5, 5.41) is 13.9. The van der Waals surface area contributed by atoms with Gasteiger partial charge in [-0.25, -0.2) is 14.6 Å². The smallest absolute Gasteiger partial charge is 0.408 e. The summed E-state index contributed by atoms with van der Waals surface area (Å²) in [7, 11) is 1.61. The number of fused-ring (bicyclic) bond motifs is 5. The van der Waals surface area contributed by atoms with Gasteiger partial charge in [-0.3, -0.25) is 4.79 Å². The number of carboxylic acids is 1. The summed E-state index contributed by atoms with van der Waals surface area (Å²) in [6, 6.07) is 3.67. The Bertz CT molecular complexity index is 1520. The number of rotatable bonds is 7. The maximum Gasteiger partial charge on any atom is 0.408 e. The van der Waals surface area contributed by atoms with E-state index in [1.54, 1.807) is 7.11 Å². The number of benzene rings is 1. The highest BCUT2D eigenvalue weighted by atomic mass is 16.6. The molecular formula is C37H52N4O8. The van der Waals surface area contributed by atoms with Crippen LogP contribution in [0.5, 0.6) is 17.4 Å². The van der Waals surface area contributed by atoms with E-state index >= 15 is 0 Å². The molecule has 268 valence electrons. The molecule has 2 bridgehead atoms. The zero-order valence-electron chi connectivity index (χ0n) is 29.4. The van der Waals surface area contributed by atoms with Crippen LogP contribution in [0.3, 0.4) is 0 Å². The largest absolute Gasteiger partial charge is 0.494 e. The Hall–Kier alpha value is -3.80. The molecule has 0 radical (unpaired) electrons. The molecular weight excluding hydrogens is 628 g/mol. The van der Waals surface area contributed by atoms with E-state index in [0.29, 0.717) is 36.1 Å². The molecule has 1 saturated carbocycles. The minimum atomic E-state index is -1.13. The van der Waals surface area contributed by atoms with Gasteiger partial charge in [-0.1, -0.05) is 39.7 Å². The minimum Gasteiger partial charge on any atom is -0.494 e. The molecule has 2 N–H and O–H groups in total. The molecule has 3 fully saturated rings. The number of methoxy groups -OCH3 is 1. The second kappa shape index (κ2) is 15.0. The number of likely N-dealkylation sites (tertiary alicyclic amines) is 1. The fourth-order valence-electron chi connectivity index (χ4n) is 7.54. The highest BCUT2D eigenvalue weighted by molar-refractivity contribution is 5.92. The van der Waals surface area contributed by atoms with Crippen LogP contribution in [0.1, 0.15) is 84.1 Å². The number of carbonyl (C=O) groups excluding carboxylic acids is 2. The van der Waals surface area contributed by atoms with Crippen molar-refractivity contribution in [2.45, 2.75) is 109 Å². The number of carbonyl (C=O) groups is 3. The van der Waals surface area contributed by atoms with Crippen LogP contribution in [-0.2, 0) is 20.7 Å². The number of aromatic nitrogens is 1. The standard InChI is InChI=1S/C37H52N4O8/c1-37(2,3)32-34(42)41-22-24(21-27(41)35(43)44)48-33-26(13-7-5-6-12-23-20-29(23)49-36(45)39-32)31(47-19-11-18-40-16-8-9-17-40)25-14-10-15-28(46-4)30(25)38-33/h10,14-15,23-24,27,29,32H,5-9,11-13,16-22H2,1-4H3,(H,39,45)(H,43,44)/t23?,24-,27+,29-,32-/m1/s1. The average molecular weight is 681 g/mol. The van der Waals surface area contributed by atoms with Gasteiger partial charge in [-0.2, -0.15) is 0 Å². The number of pyridine rings is 1. The van der Waals surface area contributed by atoms with E-state index < -0.39 is 41.6 Å². The molecule has 4 aliphatic rings. The summed E-state index contributed by atoms with van der Waals surface area (Å²) < 4.78 is 24.7. The van der Waals surface area contributed by atoms with Gasteiger partial charge in [-0.15, -0.1) is 0 Å². The number of alkyl carbamates (subject to hydrolysis) is 1. The molecule has 12 heteroatoms. The fourth-order valence-corrected chi connectivity index (χ4v) is 7.54. The summed E-state index contributed by atoms with van der Waals surface area (Å²) in [4.78, 5) is 48.4. The van der Waals surface area contributed by atoms with Gasteiger partial charge in [0, 0.05) is 18.4 Å². The van der Waals surface area contributed by atoms with Crippen molar-refractivity contribution in [2.24, 2.45) is 11.3 Å². The van der Waals surface area contributed by atoms with E-state index in [2.05, 4.69) is 10.2 Å². The molecule has 2 saturated heterocycles. The quantitative estimate of drug-likeness (QED) is 0.376. The lowest BCUT2D eigenvalue weighted by Gasteiger charge is -2.34. The molecule has 1 aromatic carbocycles. The summed E-state index contributed by atoms with van der Waals surface area (Å²) in [6.45, 7) is 9.33. The highest BCUT2D eigenvalue weighted by Crippen LogP contribution is 2.42. The van der Waals surface area contributed by atoms with Crippen LogP contribution in [0, 0.1) is 11.3 Å². The Kier molecular flexibility index (Phi) is 10.7. The van der Waals surface area contributed by atoms with Gasteiger partial charge < -0.3 is 39.2 Å². The Morgan fingerprint density at radius 2 is 1.88 bits per heavy atom. The second-order valence-electron chi connectivity index (χ2n) is 15.1. The Labute approximate surface area is 288 Å². The molecule has 2 aromatic rings. The number of aliphatic carboxylic acids is 1. The first-order chi connectivity index (χ1) is 23.5.